The highest BCUT2D eigenvalue weighted by molar-refractivity contribution is 9.10. The van der Waals surface area contributed by atoms with E-state index >= 15 is 0 Å². The summed E-state index contributed by atoms with van der Waals surface area (Å²) in [4.78, 5) is 9.91. The molecule has 0 amide bonds. The van der Waals surface area contributed by atoms with E-state index in [0.717, 1.165) is 38.8 Å². The fraction of sp³-hybridized carbons (Fsp3) is 0.286. The predicted octanol–water partition coefficient (Wildman–Crippen LogP) is 4.72. The summed E-state index contributed by atoms with van der Waals surface area (Å²) in [5.74, 6) is 1.88. The number of rotatable bonds is 5. The molecule has 0 saturated heterocycles. The average Bonchev–Trinajstić information content (AvgIpc) is 2.43. The molecular formula is C14H15BrClN3S. The van der Waals surface area contributed by atoms with Crippen molar-refractivity contribution in [2.75, 3.05) is 5.73 Å². The van der Waals surface area contributed by atoms with Gasteiger partial charge in [0.2, 0.25) is 0 Å². The van der Waals surface area contributed by atoms with Gasteiger partial charge in [-0.2, -0.15) is 0 Å². The highest BCUT2D eigenvalue weighted by Crippen LogP contribution is 2.30. The molecular weight excluding hydrogens is 358 g/mol. The van der Waals surface area contributed by atoms with E-state index in [2.05, 4.69) is 32.8 Å². The number of aryl methyl sites for hydroxylation is 1. The molecule has 0 bridgehead atoms. The van der Waals surface area contributed by atoms with Gasteiger partial charge in [-0.15, -0.1) is 11.8 Å². The molecule has 0 radical (unpaired) electrons. The van der Waals surface area contributed by atoms with Crippen LogP contribution in [0.5, 0.6) is 0 Å². The Balaban J connectivity index is 2.16. The fourth-order valence-electron chi connectivity index (χ4n) is 1.74. The van der Waals surface area contributed by atoms with Gasteiger partial charge in [0.25, 0.3) is 0 Å². The van der Waals surface area contributed by atoms with Gasteiger partial charge in [-0.25, -0.2) is 9.97 Å². The Morgan fingerprint density at radius 2 is 2.05 bits per heavy atom. The minimum absolute atomic E-state index is 0.498. The number of hydrogen-bond acceptors (Lipinski definition) is 4. The molecule has 0 spiro atoms. The molecule has 1 aromatic heterocycles. The average molecular weight is 373 g/mol. The largest absolute Gasteiger partial charge is 0.383 e. The van der Waals surface area contributed by atoms with Crippen molar-refractivity contribution < 1.29 is 0 Å². The van der Waals surface area contributed by atoms with Crippen molar-refractivity contribution in [1.29, 1.82) is 0 Å². The van der Waals surface area contributed by atoms with E-state index in [0.29, 0.717) is 11.6 Å². The number of halogens is 2. The fourth-order valence-corrected chi connectivity index (χ4v) is 3.21. The molecule has 1 aromatic carbocycles. The summed E-state index contributed by atoms with van der Waals surface area (Å²) in [6.45, 7) is 2.11. The molecule has 2 rings (SSSR count). The van der Waals surface area contributed by atoms with Gasteiger partial charge in [-0.3, -0.25) is 0 Å². The van der Waals surface area contributed by atoms with Crippen LogP contribution in [0, 0.1) is 0 Å². The topological polar surface area (TPSA) is 51.8 Å². The molecule has 20 heavy (non-hydrogen) atoms. The van der Waals surface area contributed by atoms with Crippen molar-refractivity contribution in [3.8, 4) is 0 Å². The van der Waals surface area contributed by atoms with Crippen LogP contribution in [0.1, 0.15) is 24.9 Å². The monoisotopic (exact) mass is 371 g/mol. The second kappa shape index (κ2) is 7.29. The summed E-state index contributed by atoms with van der Waals surface area (Å²) in [6, 6.07) is 7.75. The van der Waals surface area contributed by atoms with Gasteiger partial charge >= 0.3 is 0 Å². The van der Waals surface area contributed by atoms with Crippen LogP contribution in [0.3, 0.4) is 0 Å². The number of nitrogens with two attached hydrogens (primary N) is 1. The number of nitrogen functional groups attached to an aromatic ring is 1. The molecule has 0 fully saturated rings. The molecule has 106 valence electrons. The number of thioether (sulfide) groups is 1. The number of hydrogen-bond donors (Lipinski definition) is 1. The van der Waals surface area contributed by atoms with Gasteiger partial charge in [0.05, 0.1) is 20.9 Å². The Bertz CT molecular complexity index is 607. The van der Waals surface area contributed by atoms with Crippen molar-refractivity contribution in [1.82, 2.24) is 9.97 Å². The third-order valence-corrected chi connectivity index (χ3v) is 5.05. The van der Waals surface area contributed by atoms with Crippen LogP contribution in [-0.2, 0) is 12.2 Å². The standard InChI is InChI=1S/C14H15BrClN3S/c1-2-5-10-13(15)14(17)19-12(18-10)8-20-11-7-4-3-6-9(11)16/h3-4,6-7H,2,5,8H2,1H3,(H2,17,18,19). The first-order valence-electron chi connectivity index (χ1n) is 6.30. The highest BCUT2D eigenvalue weighted by Gasteiger charge is 2.10. The van der Waals surface area contributed by atoms with E-state index in [1.165, 1.54) is 0 Å². The third-order valence-electron chi connectivity index (χ3n) is 2.67. The molecule has 0 aliphatic rings. The van der Waals surface area contributed by atoms with E-state index in [9.17, 15) is 0 Å². The molecule has 6 heteroatoms. The molecule has 0 aliphatic carbocycles. The van der Waals surface area contributed by atoms with E-state index in [1.807, 2.05) is 24.3 Å². The quantitative estimate of drug-likeness (QED) is 0.772. The van der Waals surface area contributed by atoms with Gasteiger partial charge in [0, 0.05) is 4.90 Å². The van der Waals surface area contributed by atoms with Crippen molar-refractivity contribution in [3.63, 3.8) is 0 Å². The summed E-state index contributed by atoms with van der Waals surface area (Å²) in [5.41, 5.74) is 6.88. The van der Waals surface area contributed by atoms with Crippen LogP contribution in [-0.4, -0.2) is 9.97 Å². The van der Waals surface area contributed by atoms with Gasteiger partial charge < -0.3 is 5.73 Å². The predicted molar refractivity (Wildman–Crippen MR) is 89.2 cm³/mol. The molecule has 2 N–H and O–H groups in total. The van der Waals surface area contributed by atoms with Crippen LogP contribution in [0.2, 0.25) is 5.02 Å². The summed E-state index contributed by atoms with van der Waals surface area (Å²) in [6.07, 6.45) is 1.91. The Hall–Kier alpha value is -0.780. The SMILES string of the molecule is CCCc1nc(CSc2ccccc2Cl)nc(N)c1Br. The Morgan fingerprint density at radius 3 is 2.75 bits per heavy atom. The second-order valence-corrected chi connectivity index (χ2v) is 6.47. The number of aromatic nitrogens is 2. The van der Waals surface area contributed by atoms with Gasteiger partial charge in [0.1, 0.15) is 11.6 Å². The lowest BCUT2D eigenvalue weighted by atomic mass is 10.2. The zero-order valence-electron chi connectivity index (χ0n) is 11.1. The summed E-state index contributed by atoms with van der Waals surface area (Å²) in [7, 11) is 0. The zero-order chi connectivity index (χ0) is 14.5. The van der Waals surface area contributed by atoms with E-state index in [4.69, 9.17) is 17.3 Å². The van der Waals surface area contributed by atoms with Gasteiger partial charge in [-0.1, -0.05) is 37.1 Å². The maximum absolute atomic E-state index is 6.13. The molecule has 2 aromatic rings. The Kier molecular flexibility index (Phi) is 5.69. The van der Waals surface area contributed by atoms with Gasteiger partial charge in [-0.05, 0) is 34.5 Å². The van der Waals surface area contributed by atoms with Crippen LogP contribution >= 0.6 is 39.3 Å². The van der Waals surface area contributed by atoms with Crippen molar-refractivity contribution in [3.05, 3.63) is 45.3 Å². The number of anilines is 1. The molecule has 3 nitrogen and oxygen atoms in total. The lowest BCUT2D eigenvalue weighted by molar-refractivity contribution is 0.848. The van der Waals surface area contributed by atoms with E-state index in [-0.39, 0.29) is 0 Å². The van der Waals surface area contributed by atoms with Crippen LogP contribution < -0.4 is 5.73 Å². The maximum Gasteiger partial charge on any atom is 0.141 e. The first kappa shape index (κ1) is 15.6. The third kappa shape index (κ3) is 3.87. The van der Waals surface area contributed by atoms with E-state index in [1.54, 1.807) is 11.8 Å². The molecule has 0 saturated carbocycles. The normalized spacial score (nSPS) is 10.8. The number of nitrogens with zero attached hydrogens (tertiary/aromatic N) is 2. The summed E-state index contributed by atoms with van der Waals surface area (Å²) < 4.78 is 0.811. The van der Waals surface area contributed by atoms with Crippen molar-refractivity contribution in [2.24, 2.45) is 0 Å². The number of benzene rings is 1. The Labute approximate surface area is 136 Å². The summed E-state index contributed by atoms with van der Waals surface area (Å²) >= 11 is 11.2. The highest BCUT2D eigenvalue weighted by atomic mass is 79.9. The van der Waals surface area contributed by atoms with E-state index < -0.39 is 0 Å². The first-order valence-corrected chi connectivity index (χ1v) is 8.45. The maximum atomic E-state index is 6.13. The molecule has 0 atom stereocenters. The summed E-state index contributed by atoms with van der Waals surface area (Å²) in [5, 5.41) is 0.747. The minimum atomic E-state index is 0.498. The molecule has 0 aliphatic heterocycles. The Morgan fingerprint density at radius 1 is 1.30 bits per heavy atom. The van der Waals surface area contributed by atoms with Crippen LogP contribution in [0.15, 0.2) is 33.6 Å². The first-order chi connectivity index (χ1) is 9.61. The molecule has 0 unspecified atom stereocenters. The van der Waals surface area contributed by atoms with Crippen LogP contribution in [0.25, 0.3) is 0 Å². The van der Waals surface area contributed by atoms with Gasteiger partial charge in [0.15, 0.2) is 0 Å². The lowest BCUT2D eigenvalue weighted by Crippen LogP contribution is -2.04. The minimum Gasteiger partial charge on any atom is -0.383 e. The molecule has 1 heterocycles. The second-order valence-electron chi connectivity index (χ2n) is 4.25. The lowest BCUT2D eigenvalue weighted by Gasteiger charge is -2.08. The van der Waals surface area contributed by atoms with Crippen LogP contribution in [0.4, 0.5) is 5.82 Å². The smallest absolute Gasteiger partial charge is 0.141 e. The zero-order valence-corrected chi connectivity index (χ0v) is 14.2. The van der Waals surface area contributed by atoms with Crippen molar-refractivity contribution in [2.45, 2.75) is 30.4 Å². The van der Waals surface area contributed by atoms with Crippen molar-refractivity contribution >= 4 is 45.1 Å².